The zero-order valence-corrected chi connectivity index (χ0v) is 14.2. The van der Waals surface area contributed by atoms with Crippen molar-refractivity contribution in [1.29, 1.82) is 0 Å². The van der Waals surface area contributed by atoms with Crippen LogP contribution in [-0.2, 0) is 11.3 Å². The van der Waals surface area contributed by atoms with E-state index in [9.17, 15) is 18.0 Å². The molecule has 1 unspecified atom stereocenters. The van der Waals surface area contributed by atoms with Gasteiger partial charge in [0.2, 0.25) is 5.91 Å². The average molecular weight is 344 g/mol. The Morgan fingerprint density at radius 1 is 1.33 bits per heavy atom. The number of ether oxygens (including phenoxy) is 1. The molecule has 134 valence electrons. The summed E-state index contributed by atoms with van der Waals surface area (Å²) in [5.41, 5.74) is 2.14. The standard InChI is InChI=1S/C17H23F3N2O2/c1-11-7-13(8-12(2)15(11)24-10-17(18,19)20)9-22(3)16(23)14-5-4-6-21-14/h7-8,14,21H,4-6,9-10H2,1-3H3. The minimum Gasteiger partial charge on any atom is -0.484 e. The average Bonchev–Trinajstić information content (AvgIpc) is 2.98. The quantitative estimate of drug-likeness (QED) is 0.893. The molecule has 4 nitrogen and oxygen atoms in total. The van der Waals surface area contributed by atoms with E-state index in [4.69, 9.17) is 4.74 Å². The van der Waals surface area contributed by atoms with Gasteiger partial charge in [0.05, 0.1) is 6.04 Å². The third-order valence-electron chi connectivity index (χ3n) is 4.05. The van der Waals surface area contributed by atoms with Gasteiger partial charge in [-0.25, -0.2) is 0 Å². The molecule has 0 spiro atoms. The third-order valence-corrected chi connectivity index (χ3v) is 4.05. The number of hydrogen-bond donors (Lipinski definition) is 1. The number of rotatable bonds is 5. The maximum Gasteiger partial charge on any atom is 0.422 e. The van der Waals surface area contributed by atoms with Crippen molar-refractivity contribution in [2.45, 2.75) is 45.5 Å². The van der Waals surface area contributed by atoms with Gasteiger partial charge in [0, 0.05) is 13.6 Å². The van der Waals surface area contributed by atoms with E-state index < -0.39 is 12.8 Å². The summed E-state index contributed by atoms with van der Waals surface area (Å²) in [6.07, 6.45) is -2.53. The number of hydrogen-bond acceptors (Lipinski definition) is 3. The number of likely N-dealkylation sites (N-methyl/N-ethyl adjacent to an activating group) is 1. The highest BCUT2D eigenvalue weighted by Gasteiger charge is 2.29. The predicted octanol–water partition coefficient (Wildman–Crippen LogP) is 2.95. The van der Waals surface area contributed by atoms with Gasteiger partial charge in [-0.3, -0.25) is 4.79 Å². The number of alkyl halides is 3. The van der Waals surface area contributed by atoms with Gasteiger partial charge in [0.15, 0.2) is 6.61 Å². The van der Waals surface area contributed by atoms with Crippen molar-refractivity contribution < 1.29 is 22.7 Å². The molecule has 1 amide bonds. The molecule has 0 radical (unpaired) electrons. The van der Waals surface area contributed by atoms with Crippen LogP contribution in [0, 0.1) is 13.8 Å². The highest BCUT2D eigenvalue weighted by molar-refractivity contribution is 5.81. The van der Waals surface area contributed by atoms with Crippen molar-refractivity contribution in [2.75, 3.05) is 20.2 Å². The zero-order valence-electron chi connectivity index (χ0n) is 14.2. The summed E-state index contributed by atoms with van der Waals surface area (Å²) in [6, 6.07) is 3.40. The van der Waals surface area contributed by atoms with Gasteiger partial charge >= 0.3 is 6.18 Å². The summed E-state index contributed by atoms with van der Waals surface area (Å²) in [4.78, 5) is 14.0. The van der Waals surface area contributed by atoms with Crippen molar-refractivity contribution in [3.05, 3.63) is 28.8 Å². The van der Waals surface area contributed by atoms with Crippen molar-refractivity contribution in [2.24, 2.45) is 0 Å². The lowest BCUT2D eigenvalue weighted by atomic mass is 10.0. The summed E-state index contributed by atoms with van der Waals surface area (Å²) < 4.78 is 41.9. The first-order valence-electron chi connectivity index (χ1n) is 7.95. The third kappa shape index (κ3) is 4.87. The minimum absolute atomic E-state index is 0.0419. The Morgan fingerprint density at radius 2 is 1.96 bits per heavy atom. The van der Waals surface area contributed by atoms with Crippen LogP contribution in [0.3, 0.4) is 0 Å². The van der Waals surface area contributed by atoms with Crippen LogP contribution in [0.15, 0.2) is 12.1 Å². The van der Waals surface area contributed by atoms with Gasteiger partial charge in [0.25, 0.3) is 0 Å². The first-order valence-corrected chi connectivity index (χ1v) is 7.95. The van der Waals surface area contributed by atoms with Crippen LogP contribution in [-0.4, -0.2) is 43.2 Å². The van der Waals surface area contributed by atoms with E-state index in [0.717, 1.165) is 24.9 Å². The number of amides is 1. The topological polar surface area (TPSA) is 41.6 Å². The molecule has 0 bridgehead atoms. The summed E-state index contributed by atoms with van der Waals surface area (Å²) in [6.45, 7) is 3.39. The number of nitrogens with one attached hydrogen (secondary N) is 1. The van der Waals surface area contributed by atoms with Crippen LogP contribution in [0.4, 0.5) is 13.2 Å². The lowest BCUT2D eigenvalue weighted by molar-refractivity contribution is -0.153. The molecule has 1 fully saturated rings. The van der Waals surface area contributed by atoms with Crippen LogP contribution >= 0.6 is 0 Å². The van der Waals surface area contributed by atoms with E-state index in [1.165, 1.54) is 0 Å². The molecule has 1 aromatic rings. The Morgan fingerprint density at radius 3 is 2.46 bits per heavy atom. The number of nitrogens with zero attached hydrogens (tertiary/aromatic N) is 1. The highest BCUT2D eigenvalue weighted by Crippen LogP contribution is 2.27. The van der Waals surface area contributed by atoms with E-state index in [-0.39, 0.29) is 17.7 Å². The van der Waals surface area contributed by atoms with Gasteiger partial charge in [-0.15, -0.1) is 0 Å². The molecule has 24 heavy (non-hydrogen) atoms. The fraction of sp³-hybridized carbons (Fsp3) is 0.588. The molecule has 1 saturated heterocycles. The van der Waals surface area contributed by atoms with Gasteiger partial charge in [-0.2, -0.15) is 13.2 Å². The Balaban J connectivity index is 2.05. The smallest absolute Gasteiger partial charge is 0.422 e. The fourth-order valence-corrected chi connectivity index (χ4v) is 3.03. The summed E-state index contributed by atoms with van der Waals surface area (Å²) in [5, 5.41) is 3.17. The molecule has 2 rings (SSSR count). The molecule has 0 aliphatic carbocycles. The van der Waals surface area contributed by atoms with Crippen molar-refractivity contribution in [1.82, 2.24) is 10.2 Å². The molecule has 1 aliphatic rings. The zero-order chi connectivity index (χ0) is 17.9. The Hall–Kier alpha value is -1.76. The number of aryl methyl sites for hydroxylation is 2. The minimum atomic E-state index is -4.36. The highest BCUT2D eigenvalue weighted by atomic mass is 19.4. The predicted molar refractivity (Wildman–Crippen MR) is 85.0 cm³/mol. The van der Waals surface area contributed by atoms with Crippen molar-refractivity contribution in [3.63, 3.8) is 0 Å². The van der Waals surface area contributed by atoms with Crippen molar-refractivity contribution in [3.8, 4) is 5.75 Å². The molecule has 0 aromatic heterocycles. The first-order chi connectivity index (χ1) is 11.2. The first kappa shape index (κ1) is 18.6. The van der Waals surface area contributed by atoms with Gasteiger partial charge in [0.1, 0.15) is 5.75 Å². The fourth-order valence-electron chi connectivity index (χ4n) is 3.03. The molecule has 1 aromatic carbocycles. The van der Waals surface area contributed by atoms with Crippen molar-refractivity contribution >= 4 is 5.91 Å². The van der Waals surface area contributed by atoms with E-state index in [2.05, 4.69) is 5.32 Å². The lowest BCUT2D eigenvalue weighted by Gasteiger charge is -2.22. The summed E-state index contributed by atoms with van der Waals surface area (Å²) in [5.74, 6) is 0.294. The molecule has 1 atom stereocenters. The molecule has 1 N–H and O–H groups in total. The largest absolute Gasteiger partial charge is 0.484 e. The number of carbonyl (C=O) groups excluding carboxylic acids is 1. The molecule has 0 saturated carbocycles. The second-order valence-corrected chi connectivity index (χ2v) is 6.31. The van der Waals surface area contributed by atoms with Gasteiger partial charge in [-0.05, 0) is 49.9 Å². The molecule has 1 heterocycles. The summed E-state index contributed by atoms with van der Waals surface area (Å²) >= 11 is 0. The molecular weight excluding hydrogens is 321 g/mol. The van der Waals surface area contributed by atoms with Crippen LogP contribution in [0.5, 0.6) is 5.75 Å². The second-order valence-electron chi connectivity index (χ2n) is 6.31. The number of carbonyl (C=O) groups is 1. The molecule has 7 heteroatoms. The SMILES string of the molecule is Cc1cc(CN(C)C(=O)C2CCCN2)cc(C)c1OCC(F)(F)F. The van der Waals surface area contributed by atoms with E-state index >= 15 is 0 Å². The van der Waals surface area contributed by atoms with Crippen LogP contribution in [0.1, 0.15) is 29.5 Å². The van der Waals surface area contributed by atoms with Crippen LogP contribution < -0.4 is 10.1 Å². The van der Waals surface area contributed by atoms with E-state index in [1.54, 1.807) is 37.9 Å². The lowest BCUT2D eigenvalue weighted by Crippen LogP contribution is -2.41. The Bertz CT molecular complexity index is 573. The van der Waals surface area contributed by atoms with Crippen LogP contribution in [0.25, 0.3) is 0 Å². The Kier molecular flexibility index (Phi) is 5.74. The number of halogens is 3. The van der Waals surface area contributed by atoms with Crippen LogP contribution in [0.2, 0.25) is 0 Å². The van der Waals surface area contributed by atoms with E-state index in [0.29, 0.717) is 17.7 Å². The van der Waals surface area contributed by atoms with Gasteiger partial charge < -0.3 is 15.0 Å². The maximum atomic E-state index is 12.3. The monoisotopic (exact) mass is 344 g/mol. The molecule has 1 aliphatic heterocycles. The Labute approximate surface area is 140 Å². The molecular formula is C17H23F3N2O2. The van der Waals surface area contributed by atoms with E-state index in [1.807, 2.05) is 0 Å². The van der Waals surface area contributed by atoms with Gasteiger partial charge in [-0.1, -0.05) is 12.1 Å². The maximum absolute atomic E-state index is 12.3. The normalized spacial score (nSPS) is 17.8. The number of benzene rings is 1. The summed E-state index contributed by atoms with van der Waals surface area (Å²) in [7, 11) is 1.74. The second kappa shape index (κ2) is 7.42.